The molecule has 0 radical (unpaired) electrons. The SMILES string of the molecule is Cc1n[nH]cc1-c1ccc2ncnc(N3CCN(c4ccccn4)CC3)c2c1. The van der Waals surface area contributed by atoms with Gasteiger partial charge in [0.2, 0.25) is 0 Å². The van der Waals surface area contributed by atoms with E-state index in [2.05, 4.69) is 59.2 Å². The Kier molecular flexibility index (Phi) is 4.12. The van der Waals surface area contributed by atoms with Gasteiger partial charge in [0.05, 0.1) is 11.2 Å². The van der Waals surface area contributed by atoms with Gasteiger partial charge >= 0.3 is 0 Å². The zero-order valence-corrected chi connectivity index (χ0v) is 15.7. The van der Waals surface area contributed by atoms with E-state index in [4.69, 9.17) is 0 Å². The maximum absolute atomic E-state index is 4.63. The number of aromatic nitrogens is 5. The van der Waals surface area contributed by atoms with Crippen LogP contribution in [0, 0.1) is 6.92 Å². The van der Waals surface area contributed by atoms with Crippen molar-refractivity contribution in [1.82, 2.24) is 25.1 Å². The second-order valence-electron chi connectivity index (χ2n) is 6.98. The van der Waals surface area contributed by atoms with Crippen LogP contribution in [-0.4, -0.2) is 51.3 Å². The highest BCUT2D eigenvalue weighted by molar-refractivity contribution is 5.93. The number of aromatic amines is 1. The van der Waals surface area contributed by atoms with Gasteiger partial charge in [-0.15, -0.1) is 0 Å². The molecule has 4 heterocycles. The monoisotopic (exact) mass is 371 g/mol. The van der Waals surface area contributed by atoms with Crippen molar-refractivity contribution in [3.05, 3.63) is 60.8 Å². The van der Waals surface area contributed by atoms with Crippen LogP contribution in [0.5, 0.6) is 0 Å². The Morgan fingerprint density at radius 1 is 0.929 bits per heavy atom. The third-order valence-corrected chi connectivity index (χ3v) is 5.31. The molecule has 3 aromatic heterocycles. The summed E-state index contributed by atoms with van der Waals surface area (Å²) < 4.78 is 0. The van der Waals surface area contributed by atoms with Gasteiger partial charge in [-0.2, -0.15) is 5.10 Å². The highest BCUT2D eigenvalue weighted by Gasteiger charge is 2.21. The number of hydrogen-bond donors (Lipinski definition) is 1. The predicted octanol–water partition coefficient (Wildman–Crippen LogP) is 3.05. The van der Waals surface area contributed by atoms with E-state index in [-0.39, 0.29) is 0 Å². The molecule has 0 saturated carbocycles. The molecule has 0 amide bonds. The molecule has 0 atom stereocenters. The molecule has 140 valence electrons. The highest BCUT2D eigenvalue weighted by Crippen LogP contribution is 2.30. The van der Waals surface area contributed by atoms with E-state index in [1.165, 1.54) is 0 Å². The number of H-pyrrole nitrogens is 1. The first-order chi connectivity index (χ1) is 13.8. The fourth-order valence-corrected chi connectivity index (χ4v) is 3.80. The first kappa shape index (κ1) is 16.7. The summed E-state index contributed by atoms with van der Waals surface area (Å²) in [4.78, 5) is 18.2. The van der Waals surface area contributed by atoms with Crippen molar-refractivity contribution >= 4 is 22.5 Å². The Bertz CT molecular complexity index is 1100. The Morgan fingerprint density at radius 3 is 2.54 bits per heavy atom. The fraction of sp³-hybridized carbons (Fsp3) is 0.238. The number of anilines is 2. The van der Waals surface area contributed by atoms with Crippen LogP contribution in [0.1, 0.15) is 5.69 Å². The molecule has 0 aliphatic carbocycles. The Morgan fingerprint density at radius 2 is 1.79 bits per heavy atom. The van der Waals surface area contributed by atoms with Crippen molar-refractivity contribution in [2.45, 2.75) is 6.92 Å². The Balaban J connectivity index is 1.45. The van der Waals surface area contributed by atoms with Crippen LogP contribution in [0.25, 0.3) is 22.0 Å². The molecule has 0 spiro atoms. The minimum atomic E-state index is 0.900. The molecule has 1 aliphatic heterocycles. The Labute approximate surface area is 163 Å². The molecule has 7 heteroatoms. The van der Waals surface area contributed by atoms with Gasteiger partial charge in [-0.3, -0.25) is 5.10 Å². The number of piperazine rings is 1. The van der Waals surface area contributed by atoms with Gasteiger partial charge in [-0.25, -0.2) is 15.0 Å². The lowest BCUT2D eigenvalue weighted by atomic mass is 10.0. The smallest absolute Gasteiger partial charge is 0.140 e. The number of fused-ring (bicyclic) bond motifs is 1. The number of aryl methyl sites for hydroxylation is 1. The quantitative estimate of drug-likeness (QED) is 0.597. The lowest BCUT2D eigenvalue weighted by Crippen LogP contribution is -2.47. The summed E-state index contributed by atoms with van der Waals surface area (Å²) in [6, 6.07) is 12.4. The van der Waals surface area contributed by atoms with Gasteiger partial charge in [0, 0.05) is 49.5 Å². The molecule has 4 aromatic rings. The van der Waals surface area contributed by atoms with Crippen molar-refractivity contribution in [3.8, 4) is 11.1 Å². The summed E-state index contributed by atoms with van der Waals surface area (Å²) in [5.41, 5.74) is 4.18. The van der Waals surface area contributed by atoms with Crippen LogP contribution in [0.4, 0.5) is 11.6 Å². The molecule has 1 saturated heterocycles. The van der Waals surface area contributed by atoms with Crippen molar-refractivity contribution in [3.63, 3.8) is 0 Å². The molecule has 1 aliphatic rings. The predicted molar refractivity (Wildman–Crippen MR) is 111 cm³/mol. The molecule has 1 aromatic carbocycles. The van der Waals surface area contributed by atoms with Crippen molar-refractivity contribution in [2.24, 2.45) is 0 Å². The van der Waals surface area contributed by atoms with Crippen LogP contribution < -0.4 is 9.80 Å². The van der Waals surface area contributed by atoms with E-state index in [1.807, 2.05) is 31.5 Å². The van der Waals surface area contributed by atoms with Gasteiger partial charge in [0.1, 0.15) is 18.0 Å². The topological polar surface area (TPSA) is 73.8 Å². The fourth-order valence-electron chi connectivity index (χ4n) is 3.80. The summed E-state index contributed by atoms with van der Waals surface area (Å²) in [6.45, 7) is 5.65. The minimum Gasteiger partial charge on any atom is -0.353 e. The minimum absolute atomic E-state index is 0.900. The molecule has 28 heavy (non-hydrogen) atoms. The van der Waals surface area contributed by atoms with E-state index in [0.29, 0.717) is 0 Å². The molecule has 1 N–H and O–H groups in total. The summed E-state index contributed by atoms with van der Waals surface area (Å²) in [7, 11) is 0. The molecule has 0 unspecified atom stereocenters. The zero-order valence-electron chi connectivity index (χ0n) is 15.7. The number of nitrogens with zero attached hydrogens (tertiary/aromatic N) is 6. The molecular formula is C21H21N7. The number of hydrogen-bond acceptors (Lipinski definition) is 6. The first-order valence-corrected chi connectivity index (χ1v) is 9.46. The van der Waals surface area contributed by atoms with E-state index >= 15 is 0 Å². The van der Waals surface area contributed by atoms with Crippen molar-refractivity contribution in [2.75, 3.05) is 36.0 Å². The van der Waals surface area contributed by atoms with Gasteiger partial charge in [-0.1, -0.05) is 12.1 Å². The zero-order chi connectivity index (χ0) is 18.9. The maximum Gasteiger partial charge on any atom is 0.140 e. The van der Waals surface area contributed by atoms with Crippen LogP contribution >= 0.6 is 0 Å². The van der Waals surface area contributed by atoms with Gasteiger partial charge in [0.15, 0.2) is 0 Å². The van der Waals surface area contributed by atoms with Crippen LogP contribution in [0.15, 0.2) is 55.1 Å². The van der Waals surface area contributed by atoms with Gasteiger partial charge in [-0.05, 0) is 36.8 Å². The molecule has 5 rings (SSSR count). The number of pyridine rings is 1. The molecule has 7 nitrogen and oxygen atoms in total. The second-order valence-corrected chi connectivity index (χ2v) is 6.98. The molecular weight excluding hydrogens is 350 g/mol. The average Bonchev–Trinajstić information content (AvgIpc) is 3.19. The van der Waals surface area contributed by atoms with Crippen LogP contribution in [-0.2, 0) is 0 Å². The van der Waals surface area contributed by atoms with Crippen LogP contribution in [0.3, 0.4) is 0 Å². The molecule has 1 fully saturated rings. The lowest BCUT2D eigenvalue weighted by molar-refractivity contribution is 0.643. The maximum atomic E-state index is 4.63. The van der Waals surface area contributed by atoms with E-state index in [0.717, 1.165) is 65.5 Å². The average molecular weight is 371 g/mol. The van der Waals surface area contributed by atoms with E-state index in [1.54, 1.807) is 6.33 Å². The van der Waals surface area contributed by atoms with Crippen molar-refractivity contribution in [1.29, 1.82) is 0 Å². The first-order valence-electron chi connectivity index (χ1n) is 9.46. The standard InChI is InChI=1S/C21H21N7/c1-15-18(13-25-26-15)16-5-6-19-17(12-16)21(24-14-23-19)28-10-8-27(9-11-28)20-4-2-3-7-22-20/h2-7,12-14H,8-11H2,1H3,(H,25,26). The second kappa shape index (κ2) is 6.92. The highest BCUT2D eigenvalue weighted by atomic mass is 15.3. The Hall–Kier alpha value is -3.48. The van der Waals surface area contributed by atoms with E-state index in [9.17, 15) is 0 Å². The van der Waals surface area contributed by atoms with Crippen molar-refractivity contribution < 1.29 is 0 Å². The summed E-state index contributed by atoms with van der Waals surface area (Å²) in [5.74, 6) is 2.03. The van der Waals surface area contributed by atoms with Gasteiger partial charge < -0.3 is 9.80 Å². The summed E-state index contributed by atoms with van der Waals surface area (Å²) in [6.07, 6.45) is 5.44. The van der Waals surface area contributed by atoms with Gasteiger partial charge in [0.25, 0.3) is 0 Å². The number of rotatable bonds is 3. The van der Waals surface area contributed by atoms with Crippen LogP contribution in [0.2, 0.25) is 0 Å². The number of benzene rings is 1. The molecule has 0 bridgehead atoms. The third kappa shape index (κ3) is 2.94. The largest absolute Gasteiger partial charge is 0.353 e. The normalized spacial score (nSPS) is 14.6. The van der Waals surface area contributed by atoms with E-state index < -0.39 is 0 Å². The summed E-state index contributed by atoms with van der Waals surface area (Å²) >= 11 is 0. The summed E-state index contributed by atoms with van der Waals surface area (Å²) in [5, 5.41) is 8.26. The lowest BCUT2D eigenvalue weighted by Gasteiger charge is -2.36. The third-order valence-electron chi connectivity index (χ3n) is 5.31. The number of nitrogens with one attached hydrogen (secondary N) is 1.